The van der Waals surface area contributed by atoms with Gasteiger partial charge in [0.1, 0.15) is 0 Å². The Hall–Kier alpha value is 0.350. The van der Waals surface area contributed by atoms with E-state index in [-0.39, 0.29) is 70.6 Å². The van der Waals surface area contributed by atoms with Crippen LogP contribution >= 0.6 is 0 Å². The average molecular weight is 447 g/mol. The van der Waals surface area contributed by atoms with Crippen molar-refractivity contribution in [3.63, 3.8) is 0 Å². The van der Waals surface area contributed by atoms with Gasteiger partial charge in [0, 0.05) is 6.42 Å². The average Bonchev–Trinajstić information content (AvgIpc) is 3.06. The van der Waals surface area contributed by atoms with Crippen LogP contribution in [0.1, 0.15) is 78.6 Å². The Morgan fingerprint density at radius 1 is 1.06 bits per heavy atom. The monoisotopic (exact) mass is 446 g/mol. The van der Waals surface area contributed by atoms with E-state index in [0.717, 1.165) is 51.4 Å². The first-order valence-corrected chi connectivity index (χ1v) is 12.2. The molecule has 0 radical (unpaired) electrons. The Balaban J connectivity index is 0.00000272. The fourth-order valence-electron chi connectivity index (χ4n) is 8.78. The molecule has 5 nitrogen and oxygen atoms in total. The van der Waals surface area contributed by atoms with Crippen molar-refractivity contribution in [2.24, 2.45) is 46.3 Å². The topological polar surface area (TPSA) is 87.0 Å². The van der Waals surface area contributed by atoms with E-state index in [9.17, 15) is 20.1 Å². The van der Waals surface area contributed by atoms with Gasteiger partial charge in [0.15, 0.2) is 0 Å². The van der Waals surface area contributed by atoms with Crippen LogP contribution in [0.2, 0.25) is 0 Å². The van der Waals surface area contributed by atoms with Gasteiger partial charge in [0.05, 0.1) is 25.4 Å². The first kappa shape index (κ1) is 26.0. The van der Waals surface area contributed by atoms with Crippen LogP contribution in [0.15, 0.2) is 0 Å². The SMILES string of the molecule is COC(=O)CC[C@@H](C)[C@H]1CC[C@H]2[C@@H]3[C@H](O)C[C@@H]4C[C@H](O)CC[C@]4(C)[C@H]3C[C@H](O)[C@]12C.[NaH]. The minimum absolute atomic E-state index is 0. The molecule has 0 aromatic heterocycles. The molecule has 31 heavy (non-hydrogen) atoms. The van der Waals surface area contributed by atoms with Crippen LogP contribution in [-0.4, -0.2) is 76.3 Å². The second kappa shape index (κ2) is 9.54. The van der Waals surface area contributed by atoms with Gasteiger partial charge >= 0.3 is 35.5 Å². The summed E-state index contributed by atoms with van der Waals surface area (Å²) in [7, 11) is 1.44. The van der Waals surface area contributed by atoms with Gasteiger partial charge in [-0.2, -0.15) is 0 Å². The second-order valence-corrected chi connectivity index (χ2v) is 11.6. The molecular formula is C25H43NaO5. The number of carbonyl (C=O) groups is 1. The number of methoxy groups -OCH3 is 1. The van der Waals surface area contributed by atoms with Crippen LogP contribution in [0.3, 0.4) is 0 Å². The standard InChI is InChI=1S/C25H42O5.Na.H/c1-14(5-8-22(29)30-4)17-6-7-18-23-19(13-21(28)25(17,18)3)24(2)10-9-16(26)11-15(24)12-20(23)27;;/h14-21,23,26-28H,5-13H2,1-4H3;;/t14-,15+,16-,17-,18+,19+,20-,21+,23+,24+,25-;;/m1../s1. The third-order valence-electron chi connectivity index (χ3n) is 10.6. The predicted molar refractivity (Wildman–Crippen MR) is 122 cm³/mol. The van der Waals surface area contributed by atoms with Crippen LogP contribution in [0.25, 0.3) is 0 Å². The molecule has 0 heterocycles. The summed E-state index contributed by atoms with van der Waals surface area (Å²) in [6, 6.07) is 0. The predicted octanol–water partition coefficient (Wildman–Crippen LogP) is 2.89. The number of fused-ring (bicyclic) bond motifs is 5. The van der Waals surface area contributed by atoms with Crippen LogP contribution in [0.5, 0.6) is 0 Å². The van der Waals surface area contributed by atoms with Crippen molar-refractivity contribution in [2.75, 3.05) is 7.11 Å². The molecule has 6 heteroatoms. The van der Waals surface area contributed by atoms with E-state index in [1.54, 1.807) is 0 Å². The number of aliphatic hydroxyl groups is 3. The normalized spacial score (nSPS) is 49.8. The molecule has 0 unspecified atom stereocenters. The summed E-state index contributed by atoms with van der Waals surface area (Å²) < 4.78 is 4.83. The molecule has 3 N–H and O–H groups in total. The molecule has 0 bridgehead atoms. The van der Waals surface area contributed by atoms with Crippen molar-refractivity contribution >= 4 is 35.5 Å². The molecule has 174 valence electrons. The Morgan fingerprint density at radius 3 is 2.45 bits per heavy atom. The summed E-state index contributed by atoms with van der Waals surface area (Å²) in [4.78, 5) is 11.7. The summed E-state index contributed by atoms with van der Waals surface area (Å²) in [5.41, 5.74) is -0.0882. The summed E-state index contributed by atoms with van der Waals surface area (Å²) in [6.07, 6.45) is 6.60. The third kappa shape index (κ3) is 4.18. The first-order chi connectivity index (χ1) is 14.1. The summed E-state index contributed by atoms with van der Waals surface area (Å²) >= 11 is 0. The zero-order valence-electron chi connectivity index (χ0n) is 19.2. The van der Waals surface area contributed by atoms with Gasteiger partial charge in [-0.15, -0.1) is 0 Å². The van der Waals surface area contributed by atoms with E-state index >= 15 is 0 Å². The number of hydrogen-bond donors (Lipinski definition) is 3. The van der Waals surface area contributed by atoms with Gasteiger partial charge in [0.2, 0.25) is 0 Å². The number of aliphatic hydroxyl groups excluding tert-OH is 3. The van der Waals surface area contributed by atoms with Crippen molar-refractivity contribution in [3.05, 3.63) is 0 Å². The van der Waals surface area contributed by atoms with Gasteiger partial charge in [0.25, 0.3) is 0 Å². The minimum atomic E-state index is -0.369. The van der Waals surface area contributed by atoms with Crippen molar-refractivity contribution in [1.82, 2.24) is 0 Å². The van der Waals surface area contributed by atoms with E-state index < -0.39 is 0 Å². The summed E-state index contributed by atoms with van der Waals surface area (Å²) in [5.74, 6) is 1.81. The maximum absolute atomic E-state index is 11.7. The zero-order valence-corrected chi connectivity index (χ0v) is 19.2. The van der Waals surface area contributed by atoms with Crippen LogP contribution < -0.4 is 0 Å². The number of esters is 1. The molecule has 0 aromatic carbocycles. The Kier molecular flexibility index (Phi) is 7.99. The molecule has 4 fully saturated rings. The van der Waals surface area contributed by atoms with Crippen molar-refractivity contribution in [3.8, 4) is 0 Å². The van der Waals surface area contributed by atoms with Crippen molar-refractivity contribution in [1.29, 1.82) is 0 Å². The second-order valence-electron chi connectivity index (χ2n) is 11.6. The van der Waals surface area contributed by atoms with E-state index in [1.165, 1.54) is 7.11 Å². The first-order valence-electron chi connectivity index (χ1n) is 12.2. The molecule has 0 amide bonds. The number of carbonyl (C=O) groups excluding carboxylic acids is 1. The van der Waals surface area contributed by atoms with Gasteiger partial charge in [-0.05, 0) is 97.7 Å². The Morgan fingerprint density at radius 2 is 1.77 bits per heavy atom. The molecule has 0 aliphatic heterocycles. The number of hydrogen-bond acceptors (Lipinski definition) is 5. The number of ether oxygens (including phenoxy) is 1. The molecular weight excluding hydrogens is 403 g/mol. The van der Waals surface area contributed by atoms with Gasteiger partial charge in [-0.25, -0.2) is 0 Å². The fraction of sp³-hybridized carbons (Fsp3) is 0.960. The van der Waals surface area contributed by atoms with Gasteiger partial charge in [-0.3, -0.25) is 4.79 Å². The van der Waals surface area contributed by atoms with Crippen molar-refractivity contribution in [2.45, 2.75) is 96.9 Å². The van der Waals surface area contributed by atoms with Crippen LogP contribution in [0.4, 0.5) is 0 Å². The molecule has 0 aromatic rings. The van der Waals surface area contributed by atoms with E-state index in [1.807, 2.05) is 0 Å². The van der Waals surface area contributed by atoms with Gasteiger partial charge < -0.3 is 20.1 Å². The molecule has 4 saturated carbocycles. The van der Waals surface area contributed by atoms with Crippen molar-refractivity contribution < 1.29 is 24.9 Å². The molecule has 4 aliphatic rings. The van der Waals surface area contributed by atoms with Gasteiger partial charge in [-0.1, -0.05) is 20.8 Å². The fourth-order valence-corrected chi connectivity index (χ4v) is 8.78. The molecule has 11 atom stereocenters. The molecule has 0 saturated heterocycles. The Bertz CT molecular complexity index is 658. The Labute approximate surface area is 210 Å². The molecule has 4 rings (SSSR count). The van der Waals surface area contributed by atoms with E-state index in [0.29, 0.717) is 36.0 Å². The van der Waals surface area contributed by atoms with Crippen LogP contribution in [0, 0.1) is 46.3 Å². The summed E-state index contributed by atoms with van der Waals surface area (Å²) in [6.45, 7) is 6.85. The molecule has 0 spiro atoms. The van der Waals surface area contributed by atoms with Crippen LogP contribution in [-0.2, 0) is 9.53 Å². The van der Waals surface area contributed by atoms with E-state index in [4.69, 9.17) is 4.74 Å². The molecule has 4 aliphatic carbocycles. The maximum atomic E-state index is 11.7. The van der Waals surface area contributed by atoms with E-state index in [2.05, 4.69) is 20.8 Å². The quantitative estimate of drug-likeness (QED) is 0.457. The third-order valence-corrected chi connectivity index (χ3v) is 10.6. The number of rotatable bonds is 4. The zero-order chi connectivity index (χ0) is 21.8. The summed E-state index contributed by atoms with van der Waals surface area (Å²) in [5, 5.41) is 33.1.